The molecule has 3 N–H and O–H groups in total. The summed E-state index contributed by atoms with van der Waals surface area (Å²) in [4.78, 5) is 51.5. The standard InChI is InChI=1S/C19H33N3O7/c1-17(2,3)28-15(25)19(14(24)27-7)10-12(8-9-21-19)22(13(23)11-20)16(26)29-18(4,5)6/h12,21H,8-11,20H2,1-7H3/t12-,19+/m0/s1. The van der Waals surface area contributed by atoms with E-state index in [9.17, 15) is 19.2 Å². The Morgan fingerprint density at radius 3 is 2.03 bits per heavy atom. The van der Waals surface area contributed by atoms with Gasteiger partial charge in [-0.05, 0) is 54.5 Å². The molecule has 0 radical (unpaired) electrons. The molecule has 0 bridgehead atoms. The van der Waals surface area contributed by atoms with Gasteiger partial charge < -0.3 is 19.9 Å². The van der Waals surface area contributed by atoms with Crippen LogP contribution in [0, 0.1) is 0 Å². The lowest BCUT2D eigenvalue weighted by Crippen LogP contribution is -2.67. The molecular formula is C19H33N3O7. The van der Waals surface area contributed by atoms with Crippen LogP contribution in [-0.2, 0) is 28.6 Å². The molecule has 166 valence electrons. The molecule has 1 aliphatic heterocycles. The summed E-state index contributed by atoms with van der Waals surface area (Å²) in [5.41, 5.74) is 1.92. The first kappa shape index (κ1) is 24.8. The van der Waals surface area contributed by atoms with Gasteiger partial charge in [0.05, 0.1) is 13.7 Å². The Morgan fingerprint density at radius 1 is 1.03 bits per heavy atom. The van der Waals surface area contributed by atoms with E-state index in [1.165, 1.54) is 0 Å². The first-order valence-corrected chi connectivity index (χ1v) is 9.49. The normalized spacial score (nSPS) is 22.4. The highest BCUT2D eigenvalue weighted by Crippen LogP contribution is 2.29. The Labute approximate surface area is 171 Å². The van der Waals surface area contributed by atoms with Crippen molar-refractivity contribution in [1.82, 2.24) is 10.2 Å². The van der Waals surface area contributed by atoms with Crippen LogP contribution < -0.4 is 11.1 Å². The number of rotatable bonds is 4. The van der Waals surface area contributed by atoms with Gasteiger partial charge in [0.1, 0.15) is 11.2 Å². The number of esters is 2. The third kappa shape index (κ3) is 6.40. The van der Waals surface area contributed by atoms with Gasteiger partial charge in [-0.1, -0.05) is 0 Å². The molecule has 0 aromatic rings. The maximum atomic E-state index is 12.9. The van der Waals surface area contributed by atoms with Crippen molar-refractivity contribution in [3.63, 3.8) is 0 Å². The fourth-order valence-corrected chi connectivity index (χ4v) is 3.00. The van der Waals surface area contributed by atoms with E-state index in [1.807, 2.05) is 0 Å². The predicted molar refractivity (Wildman–Crippen MR) is 104 cm³/mol. The molecule has 2 amide bonds. The van der Waals surface area contributed by atoms with Crippen LogP contribution in [0.5, 0.6) is 0 Å². The number of piperidine rings is 1. The SMILES string of the molecule is COC(=O)[C@@]1(C(=O)OC(C)(C)C)C[C@@H](N(C(=O)CN)C(=O)OC(C)(C)C)CCN1. The summed E-state index contributed by atoms with van der Waals surface area (Å²) < 4.78 is 15.6. The van der Waals surface area contributed by atoms with Crippen molar-refractivity contribution in [2.45, 2.75) is 77.2 Å². The third-order valence-corrected chi connectivity index (χ3v) is 4.13. The summed E-state index contributed by atoms with van der Waals surface area (Å²) in [7, 11) is 1.15. The van der Waals surface area contributed by atoms with Crippen molar-refractivity contribution in [1.29, 1.82) is 0 Å². The quantitative estimate of drug-likeness (QED) is 0.386. The minimum Gasteiger partial charge on any atom is -0.467 e. The predicted octanol–water partition coefficient (Wildman–Crippen LogP) is 0.714. The highest BCUT2D eigenvalue weighted by molar-refractivity contribution is 6.05. The maximum Gasteiger partial charge on any atom is 0.417 e. The van der Waals surface area contributed by atoms with Gasteiger partial charge >= 0.3 is 18.0 Å². The molecule has 10 heteroatoms. The minimum atomic E-state index is -1.86. The molecule has 0 aromatic heterocycles. The lowest BCUT2D eigenvalue weighted by atomic mass is 9.84. The van der Waals surface area contributed by atoms with Crippen molar-refractivity contribution in [2.24, 2.45) is 5.73 Å². The average Bonchev–Trinajstić information content (AvgIpc) is 2.58. The van der Waals surface area contributed by atoms with E-state index in [1.54, 1.807) is 41.5 Å². The molecule has 1 heterocycles. The highest BCUT2D eigenvalue weighted by Gasteiger charge is 2.54. The second-order valence-electron chi connectivity index (χ2n) is 8.92. The Balaban J connectivity index is 3.29. The molecular weight excluding hydrogens is 382 g/mol. The number of amides is 2. The minimum absolute atomic E-state index is 0.163. The van der Waals surface area contributed by atoms with Crippen LogP contribution >= 0.6 is 0 Å². The molecule has 1 rings (SSSR count). The van der Waals surface area contributed by atoms with Gasteiger partial charge in [-0.25, -0.2) is 19.3 Å². The first-order chi connectivity index (χ1) is 13.2. The van der Waals surface area contributed by atoms with Crippen LogP contribution in [0.2, 0.25) is 0 Å². The number of ether oxygens (including phenoxy) is 3. The Morgan fingerprint density at radius 2 is 1.59 bits per heavy atom. The van der Waals surface area contributed by atoms with Crippen molar-refractivity contribution in [3.8, 4) is 0 Å². The van der Waals surface area contributed by atoms with E-state index in [-0.39, 0.29) is 13.0 Å². The highest BCUT2D eigenvalue weighted by atomic mass is 16.6. The van der Waals surface area contributed by atoms with E-state index >= 15 is 0 Å². The van der Waals surface area contributed by atoms with Gasteiger partial charge in [0.15, 0.2) is 0 Å². The van der Waals surface area contributed by atoms with Gasteiger partial charge in [-0.3, -0.25) is 10.1 Å². The number of hydrogen-bond donors (Lipinski definition) is 2. The van der Waals surface area contributed by atoms with Crippen LogP contribution in [0.1, 0.15) is 54.4 Å². The maximum absolute atomic E-state index is 12.9. The zero-order valence-corrected chi connectivity index (χ0v) is 18.3. The molecule has 2 atom stereocenters. The number of hydrogen-bond acceptors (Lipinski definition) is 9. The van der Waals surface area contributed by atoms with Crippen LogP contribution in [0.3, 0.4) is 0 Å². The molecule has 10 nitrogen and oxygen atoms in total. The van der Waals surface area contributed by atoms with Crippen LogP contribution in [0.25, 0.3) is 0 Å². The molecule has 1 aliphatic rings. The van der Waals surface area contributed by atoms with Crippen molar-refractivity contribution in [3.05, 3.63) is 0 Å². The summed E-state index contributed by atoms with van der Waals surface area (Å²) in [5, 5.41) is 2.86. The number of carbonyl (C=O) groups is 4. The van der Waals surface area contributed by atoms with Gasteiger partial charge in [0.2, 0.25) is 11.4 Å². The fraction of sp³-hybridized carbons (Fsp3) is 0.789. The Hall–Kier alpha value is -2.20. The van der Waals surface area contributed by atoms with E-state index in [0.29, 0.717) is 6.42 Å². The third-order valence-electron chi connectivity index (χ3n) is 4.13. The molecule has 0 unspecified atom stereocenters. The second-order valence-corrected chi connectivity index (χ2v) is 8.92. The molecule has 0 aliphatic carbocycles. The Bertz CT molecular complexity index is 651. The summed E-state index contributed by atoms with van der Waals surface area (Å²) in [5.74, 6) is -2.37. The summed E-state index contributed by atoms with van der Waals surface area (Å²) in [6.07, 6.45) is -0.811. The molecule has 1 saturated heterocycles. The van der Waals surface area contributed by atoms with Gasteiger partial charge in [-0.15, -0.1) is 0 Å². The molecule has 29 heavy (non-hydrogen) atoms. The molecule has 0 saturated carbocycles. The zero-order chi connectivity index (χ0) is 22.6. The van der Waals surface area contributed by atoms with Gasteiger partial charge in [-0.2, -0.15) is 0 Å². The van der Waals surface area contributed by atoms with E-state index in [0.717, 1.165) is 12.0 Å². The summed E-state index contributed by atoms with van der Waals surface area (Å²) in [6, 6.07) is -0.811. The monoisotopic (exact) mass is 415 g/mol. The van der Waals surface area contributed by atoms with Gasteiger partial charge in [0.25, 0.3) is 0 Å². The number of carbonyl (C=O) groups excluding carboxylic acids is 4. The number of nitrogens with two attached hydrogens (primary N) is 1. The second kappa shape index (κ2) is 9.08. The smallest absolute Gasteiger partial charge is 0.417 e. The first-order valence-electron chi connectivity index (χ1n) is 9.49. The number of imide groups is 1. The largest absolute Gasteiger partial charge is 0.467 e. The van der Waals surface area contributed by atoms with Crippen molar-refractivity contribution < 1.29 is 33.4 Å². The molecule has 0 spiro atoms. The summed E-state index contributed by atoms with van der Waals surface area (Å²) >= 11 is 0. The molecule has 0 aromatic carbocycles. The van der Waals surface area contributed by atoms with E-state index < -0.39 is 53.3 Å². The van der Waals surface area contributed by atoms with Crippen LogP contribution in [-0.4, -0.2) is 71.8 Å². The van der Waals surface area contributed by atoms with E-state index in [4.69, 9.17) is 19.9 Å². The fourth-order valence-electron chi connectivity index (χ4n) is 3.00. The van der Waals surface area contributed by atoms with Crippen molar-refractivity contribution in [2.75, 3.05) is 20.2 Å². The number of methoxy groups -OCH3 is 1. The number of nitrogens with zero attached hydrogens (tertiary/aromatic N) is 1. The summed E-state index contributed by atoms with van der Waals surface area (Å²) in [6.45, 7) is 9.73. The molecule has 1 fully saturated rings. The average molecular weight is 415 g/mol. The lowest BCUT2D eigenvalue weighted by Gasteiger charge is -2.42. The number of nitrogens with one attached hydrogen (secondary N) is 1. The lowest BCUT2D eigenvalue weighted by molar-refractivity contribution is -0.176. The topological polar surface area (TPSA) is 137 Å². The van der Waals surface area contributed by atoms with Crippen LogP contribution in [0.4, 0.5) is 4.79 Å². The zero-order valence-electron chi connectivity index (χ0n) is 18.3. The van der Waals surface area contributed by atoms with Crippen LogP contribution in [0.15, 0.2) is 0 Å². The van der Waals surface area contributed by atoms with Gasteiger partial charge in [0, 0.05) is 12.5 Å². The Kier molecular flexibility index (Phi) is 7.78. The van der Waals surface area contributed by atoms with E-state index in [2.05, 4.69) is 5.32 Å². The van der Waals surface area contributed by atoms with Crippen molar-refractivity contribution >= 4 is 23.9 Å².